The standard InChI is InChI=1S/C15H23N3O3/c1-16-11(13(20)17(2)14(16)21)9-12(19)18-8-7-15(10-18)5-3-4-6-15/h11H,3-10H2,1-2H3/t11-/m0/s1. The summed E-state index contributed by atoms with van der Waals surface area (Å²) in [5.41, 5.74) is 0.341. The quantitative estimate of drug-likeness (QED) is 0.715. The van der Waals surface area contributed by atoms with Crippen molar-refractivity contribution in [3.63, 3.8) is 0 Å². The van der Waals surface area contributed by atoms with E-state index in [1.165, 1.54) is 37.6 Å². The van der Waals surface area contributed by atoms with Gasteiger partial charge in [0.15, 0.2) is 0 Å². The lowest BCUT2D eigenvalue weighted by molar-refractivity contribution is -0.136. The van der Waals surface area contributed by atoms with Gasteiger partial charge < -0.3 is 9.80 Å². The van der Waals surface area contributed by atoms with Crippen LogP contribution in [0.2, 0.25) is 0 Å². The summed E-state index contributed by atoms with van der Waals surface area (Å²) in [6.07, 6.45) is 6.18. The van der Waals surface area contributed by atoms with Crippen LogP contribution < -0.4 is 0 Å². The first kappa shape index (κ1) is 14.4. The lowest BCUT2D eigenvalue weighted by Gasteiger charge is -2.24. The highest BCUT2D eigenvalue weighted by Gasteiger charge is 2.45. The molecule has 1 saturated carbocycles. The number of carbonyl (C=O) groups is 3. The highest BCUT2D eigenvalue weighted by atomic mass is 16.2. The molecule has 3 fully saturated rings. The van der Waals surface area contributed by atoms with Crippen molar-refractivity contribution in [3.05, 3.63) is 0 Å². The Labute approximate surface area is 125 Å². The van der Waals surface area contributed by atoms with Gasteiger partial charge in [-0.1, -0.05) is 12.8 Å². The number of likely N-dealkylation sites (N-methyl/N-ethyl adjacent to an activating group) is 2. The minimum absolute atomic E-state index is 0.00655. The van der Waals surface area contributed by atoms with Crippen molar-refractivity contribution in [2.75, 3.05) is 27.2 Å². The van der Waals surface area contributed by atoms with Crippen LogP contribution in [-0.2, 0) is 9.59 Å². The zero-order chi connectivity index (χ0) is 15.2. The van der Waals surface area contributed by atoms with E-state index in [2.05, 4.69) is 0 Å². The van der Waals surface area contributed by atoms with Gasteiger partial charge >= 0.3 is 6.03 Å². The van der Waals surface area contributed by atoms with Crippen LogP contribution in [0.5, 0.6) is 0 Å². The first-order valence-electron chi connectivity index (χ1n) is 7.76. The van der Waals surface area contributed by atoms with Crippen molar-refractivity contribution in [2.45, 2.75) is 44.6 Å². The molecule has 1 spiro atoms. The zero-order valence-electron chi connectivity index (χ0n) is 12.8. The van der Waals surface area contributed by atoms with Crippen LogP contribution in [0.3, 0.4) is 0 Å². The second-order valence-corrected chi connectivity index (χ2v) is 6.78. The average Bonchev–Trinajstić information content (AvgIpc) is 3.15. The summed E-state index contributed by atoms with van der Waals surface area (Å²) in [6.45, 7) is 1.63. The van der Waals surface area contributed by atoms with Crippen molar-refractivity contribution >= 4 is 17.8 Å². The van der Waals surface area contributed by atoms with Gasteiger partial charge in [0.25, 0.3) is 5.91 Å². The Bertz CT molecular complexity index is 485. The fourth-order valence-corrected chi connectivity index (χ4v) is 4.05. The molecule has 0 aromatic rings. The molecule has 1 aliphatic carbocycles. The number of hydrogen-bond acceptors (Lipinski definition) is 3. The van der Waals surface area contributed by atoms with Crippen LogP contribution in [0.4, 0.5) is 4.79 Å². The molecule has 6 nitrogen and oxygen atoms in total. The lowest BCUT2D eigenvalue weighted by Crippen LogP contribution is -2.39. The minimum atomic E-state index is -0.630. The Kier molecular flexibility index (Phi) is 3.42. The number of likely N-dealkylation sites (tertiary alicyclic amines) is 1. The van der Waals surface area contributed by atoms with Gasteiger partial charge in [0.1, 0.15) is 6.04 Å². The third-order valence-corrected chi connectivity index (χ3v) is 5.50. The Balaban J connectivity index is 1.62. The van der Waals surface area contributed by atoms with Crippen LogP contribution in [0.15, 0.2) is 0 Å². The van der Waals surface area contributed by atoms with Crippen molar-refractivity contribution in [1.82, 2.24) is 14.7 Å². The first-order chi connectivity index (χ1) is 9.93. The molecule has 0 aromatic heterocycles. The van der Waals surface area contributed by atoms with Gasteiger partial charge in [0, 0.05) is 27.2 Å². The summed E-state index contributed by atoms with van der Waals surface area (Å²) in [4.78, 5) is 40.6. The van der Waals surface area contributed by atoms with Gasteiger partial charge in [-0.15, -0.1) is 0 Å². The molecule has 116 valence electrons. The fourth-order valence-electron chi connectivity index (χ4n) is 4.05. The van der Waals surface area contributed by atoms with E-state index in [1.54, 1.807) is 7.05 Å². The molecule has 2 heterocycles. The zero-order valence-corrected chi connectivity index (χ0v) is 12.8. The molecular weight excluding hydrogens is 270 g/mol. The molecule has 0 unspecified atom stereocenters. The fraction of sp³-hybridized carbons (Fsp3) is 0.800. The van der Waals surface area contributed by atoms with E-state index < -0.39 is 6.04 Å². The van der Waals surface area contributed by atoms with Crippen LogP contribution in [0.25, 0.3) is 0 Å². The van der Waals surface area contributed by atoms with Crippen LogP contribution in [0.1, 0.15) is 38.5 Å². The van der Waals surface area contributed by atoms with Crippen LogP contribution in [0, 0.1) is 5.41 Å². The third kappa shape index (κ3) is 2.30. The minimum Gasteiger partial charge on any atom is -0.342 e. The van der Waals surface area contributed by atoms with Crippen molar-refractivity contribution < 1.29 is 14.4 Å². The average molecular weight is 293 g/mol. The lowest BCUT2D eigenvalue weighted by atomic mass is 9.86. The SMILES string of the molecule is CN1C(=O)[C@H](CC(=O)N2CCC3(CCCC3)C2)N(C)C1=O. The van der Waals surface area contributed by atoms with Crippen LogP contribution in [-0.4, -0.2) is 65.8 Å². The highest BCUT2D eigenvalue weighted by Crippen LogP contribution is 2.45. The van der Waals surface area contributed by atoms with Gasteiger partial charge in [0.2, 0.25) is 5.91 Å². The van der Waals surface area contributed by atoms with E-state index >= 15 is 0 Å². The largest absolute Gasteiger partial charge is 0.342 e. The van der Waals surface area contributed by atoms with Crippen molar-refractivity contribution in [2.24, 2.45) is 5.41 Å². The van der Waals surface area contributed by atoms with Gasteiger partial charge in [-0.05, 0) is 24.7 Å². The Morgan fingerprint density at radius 2 is 1.86 bits per heavy atom. The molecule has 0 aromatic carbocycles. The van der Waals surface area contributed by atoms with Gasteiger partial charge in [-0.3, -0.25) is 14.5 Å². The summed E-state index contributed by atoms with van der Waals surface area (Å²) < 4.78 is 0. The summed E-state index contributed by atoms with van der Waals surface area (Å²) in [5, 5.41) is 0. The molecule has 0 radical (unpaired) electrons. The van der Waals surface area contributed by atoms with E-state index in [0.717, 1.165) is 24.4 Å². The molecule has 4 amide bonds. The second-order valence-electron chi connectivity index (χ2n) is 6.78. The molecule has 2 saturated heterocycles. The molecule has 0 bridgehead atoms. The van der Waals surface area contributed by atoms with Gasteiger partial charge in [0.05, 0.1) is 6.42 Å². The van der Waals surface area contributed by atoms with E-state index in [9.17, 15) is 14.4 Å². The monoisotopic (exact) mass is 293 g/mol. The smallest absolute Gasteiger partial charge is 0.326 e. The van der Waals surface area contributed by atoms with E-state index in [4.69, 9.17) is 0 Å². The van der Waals surface area contributed by atoms with Crippen molar-refractivity contribution in [1.29, 1.82) is 0 Å². The highest BCUT2D eigenvalue weighted by molar-refractivity contribution is 6.05. The molecule has 0 N–H and O–H groups in total. The Morgan fingerprint density at radius 3 is 2.43 bits per heavy atom. The second kappa shape index (κ2) is 5.00. The normalized spacial score (nSPS) is 28.3. The maximum Gasteiger partial charge on any atom is 0.326 e. The Hall–Kier alpha value is -1.59. The van der Waals surface area contributed by atoms with Gasteiger partial charge in [-0.25, -0.2) is 4.79 Å². The number of imide groups is 1. The maximum absolute atomic E-state index is 12.5. The number of urea groups is 1. The van der Waals surface area contributed by atoms with E-state index in [1.807, 2.05) is 4.90 Å². The molecule has 3 rings (SSSR count). The molecule has 2 aliphatic heterocycles. The number of rotatable bonds is 2. The number of carbonyl (C=O) groups excluding carboxylic acids is 3. The van der Waals surface area contributed by atoms with Gasteiger partial charge in [-0.2, -0.15) is 0 Å². The molecule has 3 aliphatic rings. The van der Waals surface area contributed by atoms with Crippen molar-refractivity contribution in [3.8, 4) is 0 Å². The topological polar surface area (TPSA) is 60.9 Å². The molecule has 21 heavy (non-hydrogen) atoms. The summed E-state index contributed by atoms with van der Waals surface area (Å²) >= 11 is 0. The number of amides is 4. The number of hydrogen-bond donors (Lipinski definition) is 0. The maximum atomic E-state index is 12.5. The molecule has 6 heteroatoms. The third-order valence-electron chi connectivity index (χ3n) is 5.50. The predicted molar refractivity (Wildman–Crippen MR) is 76.4 cm³/mol. The summed E-state index contributed by atoms with van der Waals surface area (Å²) in [5.74, 6) is -0.266. The van der Waals surface area contributed by atoms with E-state index in [0.29, 0.717) is 5.41 Å². The summed E-state index contributed by atoms with van der Waals surface area (Å²) in [6, 6.07) is -0.957. The molecular formula is C15H23N3O3. The number of nitrogens with zero attached hydrogens (tertiary/aromatic N) is 3. The predicted octanol–water partition coefficient (Wildman–Crippen LogP) is 1.06. The first-order valence-corrected chi connectivity index (χ1v) is 7.76. The van der Waals surface area contributed by atoms with Crippen LogP contribution >= 0.6 is 0 Å². The molecule has 1 atom stereocenters. The Morgan fingerprint density at radius 1 is 1.19 bits per heavy atom. The summed E-state index contributed by atoms with van der Waals surface area (Å²) in [7, 11) is 3.05. The van der Waals surface area contributed by atoms with E-state index in [-0.39, 0.29) is 24.3 Å².